The number of rotatable bonds is 5. The molecule has 0 saturated carbocycles. The highest BCUT2D eigenvalue weighted by atomic mass is 35.5. The van der Waals surface area contributed by atoms with Crippen molar-refractivity contribution in [2.45, 2.75) is 13.0 Å². The van der Waals surface area contributed by atoms with Crippen molar-refractivity contribution in [1.29, 1.82) is 0 Å². The maximum absolute atomic E-state index is 11.8. The van der Waals surface area contributed by atoms with Gasteiger partial charge in [-0.25, -0.2) is 0 Å². The van der Waals surface area contributed by atoms with E-state index in [1.54, 1.807) is 18.2 Å². The Morgan fingerprint density at radius 1 is 1.43 bits per heavy atom. The summed E-state index contributed by atoms with van der Waals surface area (Å²) in [7, 11) is 0. The van der Waals surface area contributed by atoms with Crippen molar-refractivity contribution in [2.75, 3.05) is 5.32 Å². The first-order valence-corrected chi connectivity index (χ1v) is 6.63. The summed E-state index contributed by atoms with van der Waals surface area (Å²) in [6, 6.07) is 4.74. The number of carbonyl (C=O) groups excluding carboxylic acids is 1. The second-order valence-electron chi connectivity index (χ2n) is 4.14. The van der Waals surface area contributed by atoms with E-state index in [0.717, 1.165) is 6.20 Å². The first-order chi connectivity index (χ1) is 9.95. The Morgan fingerprint density at radius 2 is 2.19 bits per heavy atom. The van der Waals surface area contributed by atoms with Crippen molar-refractivity contribution in [1.82, 2.24) is 9.78 Å². The van der Waals surface area contributed by atoms with Gasteiger partial charge in [-0.1, -0.05) is 23.2 Å². The number of nitrogens with one attached hydrogen (secondary N) is 1. The third-order valence-corrected chi connectivity index (χ3v) is 3.17. The summed E-state index contributed by atoms with van der Waals surface area (Å²) in [6.07, 6.45) is 2.49. The van der Waals surface area contributed by atoms with Crippen LogP contribution in [0.2, 0.25) is 10.0 Å². The Kier molecular flexibility index (Phi) is 4.77. The first-order valence-electron chi connectivity index (χ1n) is 5.87. The minimum absolute atomic E-state index is 0.0989. The Bertz CT molecular complexity index is 687. The number of benzene rings is 1. The van der Waals surface area contributed by atoms with Crippen molar-refractivity contribution >= 4 is 40.5 Å². The lowest BCUT2D eigenvalue weighted by molar-refractivity contribution is -0.385. The zero-order valence-electron chi connectivity index (χ0n) is 10.6. The van der Waals surface area contributed by atoms with E-state index in [4.69, 9.17) is 23.2 Å². The van der Waals surface area contributed by atoms with Crippen LogP contribution in [0.4, 0.5) is 11.4 Å². The van der Waals surface area contributed by atoms with E-state index in [-0.39, 0.29) is 24.6 Å². The van der Waals surface area contributed by atoms with Crippen molar-refractivity contribution < 1.29 is 9.72 Å². The highest BCUT2D eigenvalue weighted by Crippen LogP contribution is 2.25. The van der Waals surface area contributed by atoms with E-state index in [1.807, 2.05) is 0 Å². The predicted molar refractivity (Wildman–Crippen MR) is 78.6 cm³/mol. The van der Waals surface area contributed by atoms with Gasteiger partial charge in [-0.15, -0.1) is 0 Å². The number of hydrogen-bond donors (Lipinski definition) is 1. The second kappa shape index (κ2) is 6.55. The molecule has 0 atom stereocenters. The maximum atomic E-state index is 11.8. The topological polar surface area (TPSA) is 90.1 Å². The van der Waals surface area contributed by atoms with E-state index in [1.165, 1.54) is 10.9 Å². The maximum Gasteiger partial charge on any atom is 0.306 e. The Morgan fingerprint density at radius 3 is 2.86 bits per heavy atom. The highest BCUT2D eigenvalue weighted by Gasteiger charge is 2.11. The summed E-state index contributed by atoms with van der Waals surface area (Å²) < 4.78 is 1.33. The smallest absolute Gasteiger partial charge is 0.306 e. The van der Waals surface area contributed by atoms with Crippen LogP contribution in [0, 0.1) is 10.1 Å². The molecule has 0 fully saturated rings. The van der Waals surface area contributed by atoms with Gasteiger partial charge in [0, 0.05) is 18.0 Å². The third kappa shape index (κ3) is 4.17. The molecule has 1 aromatic carbocycles. The number of amides is 1. The standard InChI is InChI=1S/C12H10Cl2N4O3/c13-8-1-2-10(14)11(5-8)16-12(19)3-4-17-7-9(6-15-17)18(20)21/h1-2,5-7H,3-4H2,(H,16,19). The average molecular weight is 329 g/mol. The number of aryl methyl sites for hydroxylation is 1. The van der Waals surface area contributed by atoms with Crippen LogP contribution in [0.1, 0.15) is 6.42 Å². The van der Waals surface area contributed by atoms with E-state index in [0.29, 0.717) is 15.7 Å². The molecule has 21 heavy (non-hydrogen) atoms. The van der Waals surface area contributed by atoms with Crippen molar-refractivity contribution in [3.8, 4) is 0 Å². The number of hydrogen-bond acceptors (Lipinski definition) is 4. The van der Waals surface area contributed by atoms with Crippen molar-refractivity contribution in [3.63, 3.8) is 0 Å². The van der Waals surface area contributed by atoms with Gasteiger partial charge in [0.25, 0.3) is 0 Å². The molecule has 9 heteroatoms. The second-order valence-corrected chi connectivity index (χ2v) is 4.98. The summed E-state index contributed by atoms with van der Waals surface area (Å²) in [4.78, 5) is 21.8. The number of aromatic nitrogens is 2. The van der Waals surface area contributed by atoms with Gasteiger partial charge in [0.15, 0.2) is 0 Å². The third-order valence-electron chi connectivity index (χ3n) is 2.60. The minimum Gasteiger partial charge on any atom is -0.325 e. The fraction of sp³-hybridized carbons (Fsp3) is 0.167. The number of anilines is 1. The molecule has 2 rings (SSSR count). The first kappa shape index (κ1) is 15.3. The lowest BCUT2D eigenvalue weighted by atomic mass is 10.3. The number of nitro groups is 1. The monoisotopic (exact) mass is 328 g/mol. The van der Waals surface area contributed by atoms with Crippen LogP contribution < -0.4 is 5.32 Å². The van der Waals surface area contributed by atoms with Crippen LogP contribution in [-0.2, 0) is 11.3 Å². The molecule has 110 valence electrons. The zero-order valence-corrected chi connectivity index (χ0v) is 12.1. The van der Waals surface area contributed by atoms with Crippen LogP contribution >= 0.6 is 23.2 Å². The Labute approximate surface area is 129 Å². The molecule has 0 aliphatic rings. The highest BCUT2D eigenvalue weighted by molar-refractivity contribution is 6.35. The molecule has 0 unspecified atom stereocenters. The quantitative estimate of drug-likeness (QED) is 0.674. The molecule has 7 nitrogen and oxygen atoms in total. The molecule has 1 aromatic heterocycles. The summed E-state index contributed by atoms with van der Waals surface area (Å²) in [6.45, 7) is 0.220. The summed E-state index contributed by atoms with van der Waals surface area (Å²) >= 11 is 11.7. The molecule has 1 heterocycles. The van der Waals surface area contributed by atoms with Crippen LogP contribution in [-0.4, -0.2) is 20.6 Å². The normalized spacial score (nSPS) is 10.4. The molecule has 2 aromatic rings. The van der Waals surface area contributed by atoms with E-state index < -0.39 is 4.92 Å². The van der Waals surface area contributed by atoms with Crippen LogP contribution in [0.3, 0.4) is 0 Å². The lowest BCUT2D eigenvalue weighted by Gasteiger charge is -2.07. The number of carbonyl (C=O) groups is 1. The van der Waals surface area contributed by atoms with Gasteiger partial charge in [0.2, 0.25) is 5.91 Å². The molecule has 0 bridgehead atoms. The van der Waals surface area contributed by atoms with Crippen molar-refractivity contribution in [2.24, 2.45) is 0 Å². The van der Waals surface area contributed by atoms with E-state index in [2.05, 4.69) is 10.4 Å². The Balaban J connectivity index is 1.92. The molecular weight excluding hydrogens is 319 g/mol. The van der Waals surface area contributed by atoms with Crippen LogP contribution in [0.15, 0.2) is 30.6 Å². The minimum atomic E-state index is -0.546. The predicted octanol–water partition coefficient (Wildman–Crippen LogP) is 3.13. The molecule has 0 aliphatic carbocycles. The zero-order chi connectivity index (χ0) is 15.4. The average Bonchev–Trinajstić information content (AvgIpc) is 2.90. The summed E-state index contributed by atoms with van der Waals surface area (Å²) in [5.41, 5.74) is 0.300. The van der Waals surface area contributed by atoms with Crippen LogP contribution in [0.25, 0.3) is 0 Å². The molecule has 0 spiro atoms. The van der Waals surface area contributed by atoms with E-state index >= 15 is 0 Å². The summed E-state index contributed by atoms with van der Waals surface area (Å²) in [5.74, 6) is -0.294. The summed E-state index contributed by atoms with van der Waals surface area (Å²) in [5, 5.41) is 17.8. The Hall–Kier alpha value is -2.12. The fourth-order valence-electron chi connectivity index (χ4n) is 1.59. The van der Waals surface area contributed by atoms with Gasteiger partial charge < -0.3 is 5.32 Å². The lowest BCUT2D eigenvalue weighted by Crippen LogP contribution is -2.15. The molecule has 1 N–H and O–H groups in total. The van der Waals surface area contributed by atoms with Gasteiger partial charge in [-0.05, 0) is 18.2 Å². The molecule has 0 aliphatic heterocycles. The fourth-order valence-corrected chi connectivity index (χ4v) is 1.93. The van der Waals surface area contributed by atoms with Gasteiger partial charge >= 0.3 is 5.69 Å². The van der Waals surface area contributed by atoms with E-state index in [9.17, 15) is 14.9 Å². The van der Waals surface area contributed by atoms with Gasteiger partial charge in [0.05, 0.1) is 15.6 Å². The molecule has 0 saturated heterocycles. The van der Waals surface area contributed by atoms with Crippen LogP contribution in [0.5, 0.6) is 0 Å². The van der Waals surface area contributed by atoms with Crippen molar-refractivity contribution in [3.05, 3.63) is 50.8 Å². The number of halogens is 2. The van der Waals surface area contributed by atoms with Gasteiger partial charge in [-0.2, -0.15) is 5.10 Å². The molecular formula is C12H10Cl2N4O3. The number of nitrogens with zero attached hydrogens (tertiary/aromatic N) is 3. The van der Waals surface area contributed by atoms with Gasteiger partial charge in [-0.3, -0.25) is 19.6 Å². The SMILES string of the molecule is O=C(CCn1cc([N+](=O)[O-])cn1)Nc1cc(Cl)ccc1Cl. The van der Waals surface area contributed by atoms with Gasteiger partial charge in [0.1, 0.15) is 12.4 Å². The molecule has 1 amide bonds. The molecule has 0 radical (unpaired) electrons. The largest absolute Gasteiger partial charge is 0.325 e.